The summed E-state index contributed by atoms with van der Waals surface area (Å²) in [6.07, 6.45) is 9.01. The van der Waals surface area contributed by atoms with Gasteiger partial charge >= 0.3 is 0 Å². The molecule has 0 aliphatic heterocycles. The third-order valence-electron chi connectivity index (χ3n) is 5.16. The highest BCUT2D eigenvalue weighted by molar-refractivity contribution is 5.00. The summed E-state index contributed by atoms with van der Waals surface area (Å²) in [4.78, 5) is 2.42. The molecule has 0 radical (unpaired) electrons. The molecule has 108 valence electrons. The lowest BCUT2D eigenvalue weighted by atomic mass is 9.70. The highest BCUT2D eigenvalue weighted by Gasteiger charge is 2.41. The highest BCUT2D eigenvalue weighted by atomic mass is 15.2. The predicted molar refractivity (Wildman–Crippen MR) is 80.7 cm³/mol. The normalized spacial score (nSPS) is 32.5. The van der Waals surface area contributed by atoms with Gasteiger partial charge in [-0.2, -0.15) is 0 Å². The van der Waals surface area contributed by atoms with Crippen molar-refractivity contribution < 1.29 is 0 Å². The second-order valence-corrected chi connectivity index (χ2v) is 6.92. The highest BCUT2D eigenvalue weighted by Crippen LogP contribution is 2.38. The van der Waals surface area contributed by atoms with Gasteiger partial charge in [-0.05, 0) is 58.0 Å². The minimum atomic E-state index is 0.258. The zero-order valence-corrected chi connectivity index (χ0v) is 13.2. The standard InChI is InChI=1S/C16H34N2/c1-6-7-14(3)12-15(17)16(18(4)5)10-8-13(2)9-11-16/h13-15H,6-12,17H2,1-5H3. The molecule has 2 unspecified atom stereocenters. The van der Waals surface area contributed by atoms with Gasteiger partial charge in [0.15, 0.2) is 0 Å². The van der Waals surface area contributed by atoms with E-state index in [1.807, 2.05) is 0 Å². The molecule has 0 bridgehead atoms. The Hall–Kier alpha value is -0.0800. The topological polar surface area (TPSA) is 29.3 Å². The van der Waals surface area contributed by atoms with Crippen molar-refractivity contribution in [2.45, 2.75) is 77.3 Å². The van der Waals surface area contributed by atoms with Crippen LogP contribution in [-0.2, 0) is 0 Å². The fourth-order valence-electron chi connectivity index (χ4n) is 3.68. The largest absolute Gasteiger partial charge is 0.326 e. The van der Waals surface area contributed by atoms with Gasteiger partial charge in [-0.25, -0.2) is 0 Å². The molecule has 1 aliphatic rings. The summed E-state index contributed by atoms with van der Waals surface area (Å²) in [7, 11) is 4.45. The first-order valence-electron chi connectivity index (χ1n) is 7.85. The maximum Gasteiger partial charge on any atom is 0.0354 e. The molecule has 1 aliphatic carbocycles. The molecule has 0 spiro atoms. The Morgan fingerprint density at radius 2 is 1.83 bits per heavy atom. The maximum absolute atomic E-state index is 6.62. The van der Waals surface area contributed by atoms with E-state index < -0.39 is 0 Å². The lowest BCUT2D eigenvalue weighted by Crippen LogP contribution is -2.59. The summed E-state index contributed by atoms with van der Waals surface area (Å²) < 4.78 is 0. The second-order valence-electron chi connectivity index (χ2n) is 6.92. The second kappa shape index (κ2) is 6.91. The molecule has 0 amide bonds. The predicted octanol–water partition coefficient (Wildman–Crippen LogP) is 3.65. The first-order valence-corrected chi connectivity index (χ1v) is 7.85. The maximum atomic E-state index is 6.62. The smallest absolute Gasteiger partial charge is 0.0354 e. The average molecular weight is 254 g/mol. The Morgan fingerprint density at radius 1 is 1.28 bits per heavy atom. The zero-order valence-electron chi connectivity index (χ0n) is 13.2. The van der Waals surface area contributed by atoms with Crippen LogP contribution in [0.1, 0.15) is 65.7 Å². The lowest BCUT2D eigenvalue weighted by Gasteiger charge is -2.49. The van der Waals surface area contributed by atoms with Crippen molar-refractivity contribution in [1.29, 1.82) is 0 Å². The van der Waals surface area contributed by atoms with E-state index in [0.29, 0.717) is 6.04 Å². The van der Waals surface area contributed by atoms with Crippen molar-refractivity contribution in [3.8, 4) is 0 Å². The molecule has 0 aromatic rings. The first kappa shape index (κ1) is 16.0. The van der Waals surface area contributed by atoms with Crippen LogP contribution in [0.2, 0.25) is 0 Å². The van der Waals surface area contributed by atoms with E-state index in [4.69, 9.17) is 5.73 Å². The van der Waals surface area contributed by atoms with E-state index in [0.717, 1.165) is 11.8 Å². The quantitative estimate of drug-likeness (QED) is 0.784. The lowest BCUT2D eigenvalue weighted by molar-refractivity contribution is 0.0488. The van der Waals surface area contributed by atoms with Gasteiger partial charge in [-0.1, -0.05) is 33.6 Å². The third-order valence-corrected chi connectivity index (χ3v) is 5.16. The molecule has 0 saturated heterocycles. The summed E-state index contributed by atoms with van der Waals surface area (Å²) >= 11 is 0. The zero-order chi connectivity index (χ0) is 13.8. The van der Waals surface area contributed by atoms with Crippen LogP contribution in [0.4, 0.5) is 0 Å². The molecule has 2 heteroatoms. The molecule has 1 saturated carbocycles. The van der Waals surface area contributed by atoms with Crippen LogP contribution in [0.3, 0.4) is 0 Å². The molecule has 0 aromatic heterocycles. The Morgan fingerprint density at radius 3 is 2.28 bits per heavy atom. The SMILES string of the molecule is CCCC(C)CC(N)C1(N(C)C)CCC(C)CC1. The fourth-order valence-corrected chi connectivity index (χ4v) is 3.68. The van der Waals surface area contributed by atoms with E-state index in [-0.39, 0.29) is 5.54 Å². The van der Waals surface area contributed by atoms with Crippen molar-refractivity contribution in [3.63, 3.8) is 0 Å². The van der Waals surface area contributed by atoms with Gasteiger partial charge < -0.3 is 10.6 Å². The molecule has 2 atom stereocenters. The summed E-state index contributed by atoms with van der Waals surface area (Å²) in [6, 6.07) is 0.335. The van der Waals surface area contributed by atoms with Gasteiger partial charge in [0.05, 0.1) is 0 Å². The number of nitrogens with zero attached hydrogens (tertiary/aromatic N) is 1. The van der Waals surface area contributed by atoms with Gasteiger partial charge in [0.2, 0.25) is 0 Å². The first-order chi connectivity index (χ1) is 8.42. The minimum absolute atomic E-state index is 0.258. The Labute approximate surface area is 114 Å². The van der Waals surface area contributed by atoms with Gasteiger partial charge in [0.25, 0.3) is 0 Å². The average Bonchev–Trinajstić information content (AvgIpc) is 2.29. The molecule has 18 heavy (non-hydrogen) atoms. The van der Waals surface area contributed by atoms with Crippen LogP contribution >= 0.6 is 0 Å². The molecular weight excluding hydrogens is 220 g/mol. The minimum Gasteiger partial charge on any atom is -0.326 e. The van der Waals surface area contributed by atoms with E-state index in [9.17, 15) is 0 Å². The van der Waals surface area contributed by atoms with Crippen molar-refractivity contribution in [3.05, 3.63) is 0 Å². The summed E-state index contributed by atoms with van der Waals surface area (Å²) in [5, 5.41) is 0. The van der Waals surface area contributed by atoms with E-state index >= 15 is 0 Å². The Balaban J connectivity index is 2.66. The van der Waals surface area contributed by atoms with Crippen molar-refractivity contribution in [2.24, 2.45) is 17.6 Å². The molecule has 2 nitrogen and oxygen atoms in total. The molecule has 1 rings (SSSR count). The Bertz CT molecular complexity index is 229. The van der Waals surface area contributed by atoms with Crippen LogP contribution in [0.5, 0.6) is 0 Å². The van der Waals surface area contributed by atoms with E-state index in [1.165, 1.54) is 44.9 Å². The van der Waals surface area contributed by atoms with Crippen molar-refractivity contribution >= 4 is 0 Å². The Kier molecular flexibility index (Phi) is 6.13. The molecule has 0 aromatic carbocycles. The van der Waals surface area contributed by atoms with Gasteiger partial charge in [0, 0.05) is 11.6 Å². The monoisotopic (exact) mass is 254 g/mol. The molecule has 0 heterocycles. The molecule has 2 N–H and O–H groups in total. The van der Waals surface area contributed by atoms with E-state index in [1.54, 1.807) is 0 Å². The number of hydrogen-bond donors (Lipinski definition) is 1. The van der Waals surface area contributed by atoms with Crippen LogP contribution in [0.25, 0.3) is 0 Å². The van der Waals surface area contributed by atoms with Crippen LogP contribution in [0, 0.1) is 11.8 Å². The number of rotatable bonds is 6. The molecular formula is C16H34N2. The van der Waals surface area contributed by atoms with E-state index in [2.05, 4.69) is 39.8 Å². The van der Waals surface area contributed by atoms with Gasteiger partial charge in [0.1, 0.15) is 0 Å². The summed E-state index contributed by atoms with van der Waals surface area (Å²) in [5.74, 6) is 1.65. The van der Waals surface area contributed by atoms with Gasteiger partial charge in [-0.3, -0.25) is 0 Å². The van der Waals surface area contributed by atoms with Crippen LogP contribution in [-0.4, -0.2) is 30.6 Å². The van der Waals surface area contributed by atoms with Crippen LogP contribution in [0.15, 0.2) is 0 Å². The number of likely N-dealkylation sites (N-methyl/N-ethyl adjacent to an activating group) is 1. The van der Waals surface area contributed by atoms with Crippen molar-refractivity contribution in [2.75, 3.05) is 14.1 Å². The molecule has 1 fully saturated rings. The van der Waals surface area contributed by atoms with Crippen LogP contribution < -0.4 is 5.73 Å². The van der Waals surface area contributed by atoms with Gasteiger partial charge in [-0.15, -0.1) is 0 Å². The van der Waals surface area contributed by atoms with Crippen molar-refractivity contribution in [1.82, 2.24) is 4.90 Å². The number of nitrogens with two attached hydrogens (primary N) is 1. The fraction of sp³-hybridized carbons (Fsp3) is 1.00. The third kappa shape index (κ3) is 3.71. The number of hydrogen-bond acceptors (Lipinski definition) is 2. The summed E-state index contributed by atoms with van der Waals surface area (Å²) in [5.41, 5.74) is 6.88. The summed E-state index contributed by atoms with van der Waals surface area (Å²) in [6.45, 7) is 7.01.